The Morgan fingerprint density at radius 2 is 1.79 bits per heavy atom. The van der Waals surface area contributed by atoms with E-state index in [-0.39, 0.29) is 11.7 Å². The summed E-state index contributed by atoms with van der Waals surface area (Å²) in [4.78, 5) is 16.1. The van der Waals surface area contributed by atoms with E-state index in [4.69, 9.17) is 0 Å². The molecule has 0 aliphatic rings. The SMILES string of the molecule is Cc1cccc(C)c1NC(=O)C(C)(C)c1c[nH]c2ccc(F)cc12. The number of benzene rings is 2. The number of halogens is 1. The second-order valence-electron chi connectivity index (χ2n) is 6.74. The molecule has 2 N–H and O–H groups in total. The number of amides is 1. The molecule has 0 saturated carbocycles. The average molecular weight is 324 g/mol. The predicted molar refractivity (Wildman–Crippen MR) is 95.8 cm³/mol. The molecule has 0 saturated heterocycles. The molecule has 1 heterocycles. The third kappa shape index (κ3) is 2.68. The highest BCUT2D eigenvalue weighted by Crippen LogP contribution is 2.33. The summed E-state index contributed by atoms with van der Waals surface area (Å²) in [6.07, 6.45) is 1.79. The van der Waals surface area contributed by atoms with Crippen molar-refractivity contribution in [2.45, 2.75) is 33.1 Å². The number of hydrogen-bond acceptors (Lipinski definition) is 1. The van der Waals surface area contributed by atoms with Crippen LogP contribution >= 0.6 is 0 Å². The maximum Gasteiger partial charge on any atom is 0.234 e. The number of carbonyl (C=O) groups is 1. The van der Waals surface area contributed by atoms with Gasteiger partial charge in [-0.1, -0.05) is 18.2 Å². The van der Waals surface area contributed by atoms with Gasteiger partial charge in [-0.15, -0.1) is 0 Å². The Morgan fingerprint density at radius 1 is 1.12 bits per heavy atom. The van der Waals surface area contributed by atoms with Crippen molar-refractivity contribution >= 4 is 22.5 Å². The van der Waals surface area contributed by atoms with E-state index in [1.165, 1.54) is 12.1 Å². The van der Waals surface area contributed by atoms with Gasteiger partial charge in [0.1, 0.15) is 5.82 Å². The van der Waals surface area contributed by atoms with Crippen molar-refractivity contribution in [2.24, 2.45) is 0 Å². The van der Waals surface area contributed by atoms with E-state index < -0.39 is 5.41 Å². The number of aromatic amines is 1. The van der Waals surface area contributed by atoms with E-state index >= 15 is 0 Å². The predicted octanol–water partition coefficient (Wildman–Crippen LogP) is 4.84. The molecule has 0 bridgehead atoms. The molecule has 0 atom stereocenters. The number of nitrogens with one attached hydrogen (secondary N) is 2. The molecule has 4 heteroatoms. The van der Waals surface area contributed by atoms with Crippen molar-refractivity contribution in [3.63, 3.8) is 0 Å². The summed E-state index contributed by atoms with van der Waals surface area (Å²) in [5, 5.41) is 3.77. The number of hydrogen-bond donors (Lipinski definition) is 2. The van der Waals surface area contributed by atoms with Crippen molar-refractivity contribution in [1.82, 2.24) is 4.98 Å². The van der Waals surface area contributed by atoms with E-state index in [0.29, 0.717) is 0 Å². The number of aromatic nitrogens is 1. The van der Waals surface area contributed by atoms with Crippen LogP contribution in [0.25, 0.3) is 10.9 Å². The lowest BCUT2D eigenvalue weighted by Crippen LogP contribution is -2.35. The summed E-state index contributed by atoms with van der Waals surface area (Å²) in [5.41, 5.74) is 3.66. The lowest BCUT2D eigenvalue weighted by Gasteiger charge is -2.24. The quantitative estimate of drug-likeness (QED) is 0.711. The van der Waals surface area contributed by atoms with E-state index in [1.807, 2.05) is 45.9 Å². The van der Waals surface area contributed by atoms with Gasteiger partial charge in [0, 0.05) is 22.8 Å². The minimum absolute atomic E-state index is 0.120. The van der Waals surface area contributed by atoms with Crippen LogP contribution in [0.2, 0.25) is 0 Å². The largest absolute Gasteiger partial charge is 0.361 e. The Balaban J connectivity index is 2.00. The molecular weight excluding hydrogens is 303 g/mol. The van der Waals surface area contributed by atoms with Crippen molar-refractivity contribution < 1.29 is 9.18 Å². The molecule has 24 heavy (non-hydrogen) atoms. The monoisotopic (exact) mass is 324 g/mol. The summed E-state index contributed by atoms with van der Waals surface area (Å²) in [6.45, 7) is 7.64. The normalized spacial score (nSPS) is 11.7. The molecule has 0 aliphatic heterocycles. The van der Waals surface area contributed by atoms with Crippen molar-refractivity contribution in [1.29, 1.82) is 0 Å². The Kier molecular flexibility index (Phi) is 3.91. The van der Waals surface area contributed by atoms with Gasteiger partial charge in [-0.05, 0) is 62.6 Å². The first-order chi connectivity index (χ1) is 11.3. The molecule has 0 radical (unpaired) electrons. The third-order valence-corrected chi connectivity index (χ3v) is 4.60. The fourth-order valence-electron chi connectivity index (χ4n) is 3.01. The zero-order valence-corrected chi connectivity index (χ0v) is 14.3. The first kappa shape index (κ1) is 16.2. The van der Waals surface area contributed by atoms with Gasteiger partial charge in [0.25, 0.3) is 0 Å². The van der Waals surface area contributed by atoms with Crippen LogP contribution in [0.5, 0.6) is 0 Å². The summed E-state index contributed by atoms with van der Waals surface area (Å²) < 4.78 is 13.6. The molecule has 0 unspecified atom stereocenters. The first-order valence-electron chi connectivity index (χ1n) is 7.95. The van der Waals surface area contributed by atoms with Crippen LogP contribution in [0.15, 0.2) is 42.6 Å². The maximum absolute atomic E-state index is 13.6. The van der Waals surface area contributed by atoms with Gasteiger partial charge in [0.15, 0.2) is 0 Å². The highest BCUT2D eigenvalue weighted by molar-refractivity contribution is 6.02. The molecular formula is C20H21FN2O. The van der Waals surface area contributed by atoms with Crippen LogP contribution in [0.4, 0.5) is 10.1 Å². The molecule has 1 amide bonds. The van der Waals surface area contributed by atoms with Gasteiger partial charge < -0.3 is 10.3 Å². The van der Waals surface area contributed by atoms with E-state index in [9.17, 15) is 9.18 Å². The molecule has 0 fully saturated rings. The lowest BCUT2D eigenvalue weighted by molar-refractivity contribution is -0.120. The summed E-state index contributed by atoms with van der Waals surface area (Å²) in [5.74, 6) is -0.431. The van der Waals surface area contributed by atoms with Gasteiger partial charge in [-0.25, -0.2) is 4.39 Å². The minimum atomic E-state index is -0.805. The summed E-state index contributed by atoms with van der Waals surface area (Å²) >= 11 is 0. The zero-order valence-electron chi connectivity index (χ0n) is 14.3. The Morgan fingerprint density at radius 3 is 2.46 bits per heavy atom. The standard InChI is InChI=1S/C20H21FN2O/c1-12-6-5-7-13(2)18(12)23-19(24)20(3,4)16-11-22-17-9-8-14(21)10-15(16)17/h5-11,22H,1-4H3,(H,23,24). The Labute approximate surface area is 140 Å². The van der Waals surface area contributed by atoms with Crippen LogP contribution in [0.1, 0.15) is 30.5 Å². The van der Waals surface area contributed by atoms with Crippen LogP contribution in [-0.4, -0.2) is 10.9 Å². The number of H-pyrrole nitrogens is 1. The van der Waals surface area contributed by atoms with Crippen molar-refractivity contribution in [3.05, 3.63) is 65.1 Å². The number of aryl methyl sites for hydroxylation is 2. The molecule has 3 aromatic rings. The second-order valence-corrected chi connectivity index (χ2v) is 6.74. The second kappa shape index (κ2) is 5.78. The molecule has 2 aromatic carbocycles. The fourth-order valence-corrected chi connectivity index (χ4v) is 3.01. The van der Waals surface area contributed by atoms with Crippen LogP contribution in [-0.2, 0) is 10.2 Å². The highest BCUT2D eigenvalue weighted by atomic mass is 19.1. The molecule has 3 rings (SSSR count). The molecule has 0 spiro atoms. The van der Waals surface area contributed by atoms with Gasteiger partial charge in [-0.2, -0.15) is 0 Å². The topological polar surface area (TPSA) is 44.9 Å². The maximum atomic E-state index is 13.6. The van der Waals surface area contributed by atoms with Gasteiger partial charge >= 0.3 is 0 Å². The van der Waals surface area contributed by atoms with Crippen molar-refractivity contribution in [3.8, 4) is 0 Å². The van der Waals surface area contributed by atoms with Gasteiger partial charge in [-0.3, -0.25) is 4.79 Å². The first-order valence-corrected chi connectivity index (χ1v) is 7.95. The van der Waals surface area contributed by atoms with E-state index in [2.05, 4.69) is 10.3 Å². The molecule has 124 valence electrons. The number of rotatable bonds is 3. The van der Waals surface area contributed by atoms with Crippen LogP contribution < -0.4 is 5.32 Å². The van der Waals surface area contributed by atoms with E-state index in [0.717, 1.165) is 33.3 Å². The smallest absolute Gasteiger partial charge is 0.234 e. The average Bonchev–Trinajstić information content (AvgIpc) is 2.94. The van der Waals surface area contributed by atoms with Crippen LogP contribution in [0.3, 0.4) is 0 Å². The van der Waals surface area contributed by atoms with Crippen molar-refractivity contribution in [2.75, 3.05) is 5.32 Å². The number of para-hydroxylation sites is 1. The highest BCUT2D eigenvalue weighted by Gasteiger charge is 2.32. The molecule has 0 aliphatic carbocycles. The Hall–Kier alpha value is -2.62. The molecule has 3 nitrogen and oxygen atoms in total. The summed E-state index contributed by atoms with van der Waals surface area (Å²) in [6, 6.07) is 10.5. The number of fused-ring (bicyclic) bond motifs is 1. The fraction of sp³-hybridized carbons (Fsp3) is 0.250. The number of carbonyl (C=O) groups excluding carboxylic acids is 1. The van der Waals surface area contributed by atoms with Crippen LogP contribution in [0, 0.1) is 19.7 Å². The zero-order chi connectivity index (χ0) is 17.5. The van der Waals surface area contributed by atoms with Gasteiger partial charge in [0.2, 0.25) is 5.91 Å². The summed E-state index contributed by atoms with van der Waals surface area (Å²) in [7, 11) is 0. The number of anilines is 1. The third-order valence-electron chi connectivity index (χ3n) is 4.60. The van der Waals surface area contributed by atoms with Gasteiger partial charge in [0.05, 0.1) is 5.41 Å². The molecule has 1 aromatic heterocycles. The lowest BCUT2D eigenvalue weighted by atomic mass is 9.83. The van der Waals surface area contributed by atoms with E-state index in [1.54, 1.807) is 12.3 Å². The Bertz CT molecular complexity index is 904. The minimum Gasteiger partial charge on any atom is -0.361 e.